The summed E-state index contributed by atoms with van der Waals surface area (Å²) in [6.07, 6.45) is 0. The largest absolute Gasteiger partial charge is 0.493 e. The second kappa shape index (κ2) is 8.84. The fourth-order valence-corrected chi connectivity index (χ4v) is 2.81. The monoisotopic (exact) mass is 324 g/mol. The second-order valence-electron chi connectivity index (χ2n) is 5.42. The zero-order valence-electron chi connectivity index (χ0n) is 14.6. The first-order chi connectivity index (χ1) is 11.2. The first-order valence-corrected chi connectivity index (χ1v) is 8.08. The van der Waals surface area contributed by atoms with Crippen molar-refractivity contribution < 1.29 is 18.9 Å². The van der Waals surface area contributed by atoms with Crippen LogP contribution in [-0.4, -0.2) is 72.2 Å². The third kappa shape index (κ3) is 4.42. The summed E-state index contributed by atoms with van der Waals surface area (Å²) >= 11 is 0. The molecule has 0 aromatic heterocycles. The van der Waals surface area contributed by atoms with Gasteiger partial charge in [-0.05, 0) is 6.92 Å². The Morgan fingerprint density at radius 3 is 2.13 bits per heavy atom. The quantitative estimate of drug-likeness (QED) is 0.727. The van der Waals surface area contributed by atoms with Crippen LogP contribution in [0.1, 0.15) is 6.92 Å². The van der Waals surface area contributed by atoms with Gasteiger partial charge in [0.2, 0.25) is 5.75 Å². The molecule has 1 heterocycles. The van der Waals surface area contributed by atoms with E-state index in [0.717, 1.165) is 51.6 Å². The van der Waals surface area contributed by atoms with Crippen molar-refractivity contribution in [1.82, 2.24) is 4.90 Å². The highest BCUT2D eigenvalue weighted by Crippen LogP contribution is 2.40. The summed E-state index contributed by atoms with van der Waals surface area (Å²) in [7, 11) is 4.91. The minimum Gasteiger partial charge on any atom is -0.493 e. The van der Waals surface area contributed by atoms with Gasteiger partial charge in [0, 0.05) is 50.5 Å². The lowest BCUT2D eigenvalue weighted by Crippen LogP contribution is -2.41. The molecule has 0 amide bonds. The third-order valence-electron chi connectivity index (χ3n) is 4.19. The van der Waals surface area contributed by atoms with Crippen LogP contribution in [-0.2, 0) is 4.74 Å². The smallest absolute Gasteiger partial charge is 0.203 e. The van der Waals surface area contributed by atoms with E-state index in [0.29, 0.717) is 17.2 Å². The van der Waals surface area contributed by atoms with E-state index in [-0.39, 0.29) is 0 Å². The molecule has 0 unspecified atom stereocenters. The molecule has 1 aliphatic heterocycles. The summed E-state index contributed by atoms with van der Waals surface area (Å²) in [5.74, 6) is 2.00. The summed E-state index contributed by atoms with van der Waals surface area (Å²) in [6.45, 7) is 8.72. The van der Waals surface area contributed by atoms with Crippen LogP contribution in [0.3, 0.4) is 0 Å². The zero-order valence-corrected chi connectivity index (χ0v) is 14.6. The summed E-state index contributed by atoms with van der Waals surface area (Å²) in [5.41, 5.74) is 1.08. The van der Waals surface area contributed by atoms with Crippen molar-refractivity contribution in [3.8, 4) is 17.2 Å². The molecule has 0 atom stereocenters. The van der Waals surface area contributed by atoms with Gasteiger partial charge in [-0.15, -0.1) is 0 Å². The Hall–Kier alpha value is -1.66. The van der Waals surface area contributed by atoms with Crippen LogP contribution in [0.2, 0.25) is 0 Å². The molecule has 6 nitrogen and oxygen atoms in total. The fraction of sp³-hybridized carbons (Fsp3) is 0.647. The summed E-state index contributed by atoms with van der Waals surface area (Å²) < 4.78 is 21.7. The number of likely N-dealkylation sites (N-methyl/N-ethyl adjacent to an activating group) is 1. The number of hydrogen-bond acceptors (Lipinski definition) is 6. The maximum Gasteiger partial charge on any atom is 0.203 e. The summed E-state index contributed by atoms with van der Waals surface area (Å²) in [5, 5.41) is 0. The van der Waals surface area contributed by atoms with Gasteiger partial charge in [0.25, 0.3) is 0 Å². The van der Waals surface area contributed by atoms with Crippen molar-refractivity contribution in [3.05, 3.63) is 12.1 Å². The van der Waals surface area contributed by atoms with E-state index < -0.39 is 0 Å². The van der Waals surface area contributed by atoms with E-state index in [1.54, 1.807) is 21.3 Å². The van der Waals surface area contributed by atoms with Crippen LogP contribution in [0.4, 0.5) is 5.69 Å². The molecule has 1 fully saturated rings. The summed E-state index contributed by atoms with van der Waals surface area (Å²) in [4.78, 5) is 4.75. The number of benzene rings is 1. The van der Waals surface area contributed by atoms with E-state index in [4.69, 9.17) is 18.9 Å². The van der Waals surface area contributed by atoms with Crippen molar-refractivity contribution in [2.45, 2.75) is 6.92 Å². The van der Waals surface area contributed by atoms with Gasteiger partial charge in [-0.3, -0.25) is 4.90 Å². The maximum absolute atomic E-state index is 5.45. The Morgan fingerprint density at radius 2 is 1.65 bits per heavy atom. The third-order valence-corrected chi connectivity index (χ3v) is 4.19. The Bertz CT molecular complexity index is 464. The Labute approximate surface area is 138 Å². The Kier molecular flexibility index (Phi) is 6.80. The minimum absolute atomic E-state index is 0.628. The number of rotatable bonds is 8. The van der Waals surface area contributed by atoms with Crippen LogP contribution in [0, 0.1) is 0 Å². The molecule has 130 valence electrons. The molecule has 23 heavy (non-hydrogen) atoms. The van der Waals surface area contributed by atoms with Crippen LogP contribution in [0.15, 0.2) is 12.1 Å². The average molecular weight is 324 g/mol. The maximum atomic E-state index is 5.45. The van der Waals surface area contributed by atoms with E-state index in [1.165, 1.54) is 0 Å². The number of ether oxygens (including phenoxy) is 4. The summed E-state index contributed by atoms with van der Waals surface area (Å²) in [6, 6.07) is 4.01. The molecule has 0 aliphatic carbocycles. The van der Waals surface area contributed by atoms with Crippen molar-refractivity contribution in [1.29, 1.82) is 0 Å². The van der Waals surface area contributed by atoms with E-state index in [9.17, 15) is 0 Å². The van der Waals surface area contributed by atoms with Crippen LogP contribution >= 0.6 is 0 Å². The normalized spacial score (nSPS) is 15.3. The SMILES string of the molecule is CCN(CCN1CCOCC1)c1cc(OC)c(OC)c(OC)c1. The highest BCUT2D eigenvalue weighted by atomic mass is 16.5. The molecular formula is C17H28N2O4. The first-order valence-electron chi connectivity index (χ1n) is 8.08. The number of morpholine rings is 1. The van der Waals surface area contributed by atoms with Gasteiger partial charge < -0.3 is 23.8 Å². The fourth-order valence-electron chi connectivity index (χ4n) is 2.81. The molecule has 1 aromatic carbocycles. The van der Waals surface area contributed by atoms with Gasteiger partial charge in [-0.1, -0.05) is 0 Å². The molecule has 1 aromatic rings. The Balaban J connectivity index is 2.12. The zero-order chi connectivity index (χ0) is 16.7. The number of hydrogen-bond donors (Lipinski definition) is 0. The van der Waals surface area contributed by atoms with Gasteiger partial charge >= 0.3 is 0 Å². The molecular weight excluding hydrogens is 296 g/mol. The second-order valence-corrected chi connectivity index (χ2v) is 5.42. The highest BCUT2D eigenvalue weighted by molar-refractivity contribution is 5.63. The van der Waals surface area contributed by atoms with Gasteiger partial charge in [-0.2, -0.15) is 0 Å². The number of nitrogens with zero attached hydrogens (tertiary/aromatic N) is 2. The lowest BCUT2D eigenvalue weighted by atomic mass is 10.2. The predicted octanol–water partition coefficient (Wildman–Crippen LogP) is 1.87. The van der Waals surface area contributed by atoms with Crippen molar-refractivity contribution in [3.63, 3.8) is 0 Å². The molecule has 0 radical (unpaired) electrons. The molecule has 1 aliphatic rings. The topological polar surface area (TPSA) is 43.4 Å². The van der Waals surface area contributed by atoms with Gasteiger partial charge in [-0.25, -0.2) is 0 Å². The highest BCUT2D eigenvalue weighted by Gasteiger charge is 2.17. The molecule has 2 rings (SSSR count). The van der Waals surface area contributed by atoms with E-state index >= 15 is 0 Å². The molecule has 6 heteroatoms. The van der Waals surface area contributed by atoms with Crippen molar-refractivity contribution in [2.24, 2.45) is 0 Å². The van der Waals surface area contributed by atoms with Gasteiger partial charge in [0.15, 0.2) is 11.5 Å². The molecule has 0 N–H and O–H groups in total. The van der Waals surface area contributed by atoms with Gasteiger partial charge in [0.05, 0.1) is 34.5 Å². The van der Waals surface area contributed by atoms with Crippen LogP contribution in [0.5, 0.6) is 17.2 Å². The number of anilines is 1. The molecule has 1 saturated heterocycles. The standard InChI is InChI=1S/C17H28N2O4/c1-5-19(7-6-18-8-10-23-11-9-18)14-12-15(20-2)17(22-4)16(13-14)21-3/h12-13H,5-11H2,1-4H3. The van der Waals surface area contributed by atoms with Crippen LogP contribution < -0.4 is 19.1 Å². The van der Waals surface area contributed by atoms with Gasteiger partial charge in [0.1, 0.15) is 0 Å². The first kappa shape index (κ1) is 17.7. The molecule has 0 saturated carbocycles. The van der Waals surface area contributed by atoms with Crippen molar-refractivity contribution >= 4 is 5.69 Å². The Morgan fingerprint density at radius 1 is 1.04 bits per heavy atom. The molecule has 0 spiro atoms. The number of methoxy groups -OCH3 is 3. The van der Waals surface area contributed by atoms with Crippen molar-refractivity contribution in [2.75, 3.05) is 72.2 Å². The average Bonchev–Trinajstić information content (AvgIpc) is 2.62. The molecule has 0 bridgehead atoms. The minimum atomic E-state index is 0.628. The van der Waals surface area contributed by atoms with E-state index in [1.807, 2.05) is 12.1 Å². The van der Waals surface area contributed by atoms with Crippen LogP contribution in [0.25, 0.3) is 0 Å². The lowest BCUT2D eigenvalue weighted by molar-refractivity contribution is 0.0392. The lowest BCUT2D eigenvalue weighted by Gasteiger charge is -2.31. The predicted molar refractivity (Wildman–Crippen MR) is 91.2 cm³/mol. The van der Waals surface area contributed by atoms with E-state index in [2.05, 4.69) is 16.7 Å².